The maximum atomic E-state index is 9.60. The fraction of sp³-hybridized carbons (Fsp3) is 0.636. The quantitative estimate of drug-likeness (QED) is 0.411. The molecule has 0 saturated carbocycles. The number of hydrogen-bond donors (Lipinski definition) is 4. The molecule has 18 heavy (non-hydrogen) atoms. The van der Waals surface area contributed by atoms with Gasteiger partial charge in [-0.2, -0.15) is 0 Å². The molecule has 2 rings (SSSR count). The topological polar surface area (TPSA) is 108 Å². The maximum Gasteiger partial charge on any atom is 0.148 e. The monoisotopic (exact) mass is 253 g/mol. The number of nitrogen functional groups attached to an aromatic ring is 1. The van der Waals surface area contributed by atoms with Crippen LogP contribution in [0.1, 0.15) is 18.3 Å². The normalized spacial score (nSPS) is 23.5. The number of aromatic nitrogens is 2. The van der Waals surface area contributed by atoms with Crippen LogP contribution in [0.3, 0.4) is 0 Å². The third-order valence-corrected chi connectivity index (χ3v) is 3.18. The summed E-state index contributed by atoms with van der Waals surface area (Å²) in [5.74, 6) is 7.41. The number of nitrogens with two attached hydrogens (primary N) is 1. The molecule has 1 aromatic heterocycles. The number of aryl methyl sites for hydroxylation is 1. The maximum absolute atomic E-state index is 9.60. The Bertz CT molecular complexity index is 430. The summed E-state index contributed by atoms with van der Waals surface area (Å²) < 4.78 is 0. The first-order valence-electron chi connectivity index (χ1n) is 6.02. The zero-order valence-corrected chi connectivity index (χ0v) is 10.6. The van der Waals surface area contributed by atoms with Gasteiger partial charge >= 0.3 is 0 Å². The first kappa shape index (κ1) is 13.0. The molecule has 1 fully saturated rings. The van der Waals surface area contributed by atoms with E-state index in [2.05, 4.69) is 15.4 Å². The minimum Gasteiger partial charge on any atom is -0.389 e. The van der Waals surface area contributed by atoms with E-state index in [1.807, 2.05) is 18.7 Å². The molecule has 7 nitrogen and oxygen atoms in total. The standard InChI is InChI=1S/C11H19N5O2/c1-3-9-13-10(15-12)6(2)11(14-9)16-4-7(17)8(18)5-16/h7-8,17-18H,3-5,12H2,1-2H3,(H,13,14,15). The molecule has 5 N–H and O–H groups in total. The van der Waals surface area contributed by atoms with Crippen molar-refractivity contribution in [1.82, 2.24) is 9.97 Å². The summed E-state index contributed by atoms with van der Waals surface area (Å²) in [4.78, 5) is 10.6. The Balaban J connectivity index is 2.37. The predicted octanol–water partition coefficient (Wildman–Crippen LogP) is -0.825. The molecule has 0 aliphatic carbocycles. The summed E-state index contributed by atoms with van der Waals surface area (Å²) >= 11 is 0. The van der Waals surface area contributed by atoms with Gasteiger partial charge in [0.25, 0.3) is 0 Å². The molecule has 7 heteroatoms. The van der Waals surface area contributed by atoms with Gasteiger partial charge in [-0.15, -0.1) is 0 Å². The van der Waals surface area contributed by atoms with E-state index >= 15 is 0 Å². The average Bonchev–Trinajstić information content (AvgIpc) is 2.69. The Hall–Kier alpha value is -1.44. The van der Waals surface area contributed by atoms with E-state index in [-0.39, 0.29) is 0 Å². The molecule has 1 aromatic rings. The number of aliphatic hydroxyl groups is 2. The lowest BCUT2D eigenvalue weighted by Gasteiger charge is -2.20. The van der Waals surface area contributed by atoms with Crippen LogP contribution in [0.2, 0.25) is 0 Å². The van der Waals surface area contributed by atoms with Gasteiger partial charge < -0.3 is 20.5 Å². The van der Waals surface area contributed by atoms with Crippen molar-refractivity contribution in [2.45, 2.75) is 32.5 Å². The number of rotatable bonds is 3. The number of hydrogen-bond acceptors (Lipinski definition) is 7. The molecular weight excluding hydrogens is 234 g/mol. The van der Waals surface area contributed by atoms with Crippen LogP contribution < -0.4 is 16.2 Å². The Kier molecular flexibility index (Phi) is 3.65. The molecule has 0 aromatic carbocycles. The summed E-state index contributed by atoms with van der Waals surface area (Å²) in [7, 11) is 0. The summed E-state index contributed by atoms with van der Waals surface area (Å²) in [5, 5.41) is 19.2. The highest BCUT2D eigenvalue weighted by Gasteiger charge is 2.31. The molecule has 1 aliphatic rings. The average molecular weight is 253 g/mol. The molecule has 1 aliphatic heterocycles. The minimum absolute atomic E-state index is 0.367. The number of nitrogens with one attached hydrogen (secondary N) is 1. The number of hydrazine groups is 1. The van der Waals surface area contributed by atoms with Crippen molar-refractivity contribution in [3.63, 3.8) is 0 Å². The lowest BCUT2D eigenvalue weighted by atomic mass is 10.2. The molecule has 100 valence electrons. The molecule has 0 bridgehead atoms. The van der Waals surface area contributed by atoms with Crippen LogP contribution in [0.25, 0.3) is 0 Å². The summed E-state index contributed by atoms with van der Waals surface area (Å²) in [6.45, 7) is 4.56. The smallest absolute Gasteiger partial charge is 0.148 e. The van der Waals surface area contributed by atoms with E-state index in [0.717, 1.165) is 5.56 Å². The Labute approximate surface area is 106 Å². The second-order valence-corrected chi connectivity index (χ2v) is 4.47. The van der Waals surface area contributed by atoms with Crippen molar-refractivity contribution < 1.29 is 10.2 Å². The van der Waals surface area contributed by atoms with E-state index in [1.165, 1.54) is 0 Å². The molecule has 0 amide bonds. The van der Waals surface area contributed by atoms with Gasteiger partial charge in [-0.25, -0.2) is 15.8 Å². The predicted molar refractivity (Wildman–Crippen MR) is 68.2 cm³/mol. The van der Waals surface area contributed by atoms with Crippen LogP contribution in [-0.4, -0.2) is 45.5 Å². The van der Waals surface area contributed by atoms with Gasteiger partial charge in [0.15, 0.2) is 0 Å². The van der Waals surface area contributed by atoms with Crippen molar-refractivity contribution in [2.75, 3.05) is 23.4 Å². The van der Waals surface area contributed by atoms with Crippen LogP contribution in [0.15, 0.2) is 0 Å². The van der Waals surface area contributed by atoms with Crippen molar-refractivity contribution in [2.24, 2.45) is 5.84 Å². The van der Waals surface area contributed by atoms with Gasteiger partial charge in [0, 0.05) is 25.1 Å². The minimum atomic E-state index is -0.737. The van der Waals surface area contributed by atoms with E-state index in [9.17, 15) is 10.2 Å². The van der Waals surface area contributed by atoms with E-state index in [1.54, 1.807) is 0 Å². The molecule has 2 atom stereocenters. The number of anilines is 2. The van der Waals surface area contributed by atoms with Crippen molar-refractivity contribution in [1.29, 1.82) is 0 Å². The first-order chi connectivity index (χ1) is 8.56. The lowest BCUT2D eigenvalue weighted by Crippen LogP contribution is -2.25. The highest BCUT2D eigenvalue weighted by atomic mass is 16.3. The molecule has 2 unspecified atom stereocenters. The van der Waals surface area contributed by atoms with Gasteiger partial charge in [0.2, 0.25) is 0 Å². The number of nitrogens with zero attached hydrogens (tertiary/aromatic N) is 3. The largest absolute Gasteiger partial charge is 0.389 e. The zero-order valence-electron chi connectivity index (χ0n) is 10.6. The van der Waals surface area contributed by atoms with Crippen LogP contribution in [0, 0.1) is 6.92 Å². The van der Waals surface area contributed by atoms with Crippen LogP contribution in [-0.2, 0) is 6.42 Å². The molecular formula is C11H19N5O2. The van der Waals surface area contributed by atoms with Crippen LogP contribution in [0.4, 0.5) is 11.6 Å². The van der Waals surface area contributed by atoms with Gasteiger partial charge in [0.1, 0.15) is 17.5 Å². The SMILES string of the molecule is CCc1nc(NN)c(C)c(N2CC(O)C(O)C2)n1. The Morgan fingerprint density at radius 2 is 1.94 bits per heavy atom. The van der Waals surface area contributed by atoms with Gasteiger partial charge in [-0.05, 0) is 6.92 Å². The van der Waals surface area contributed by atoms with Crippen LogP contribution in [0.5, 0.6) is 0 Å². The van der Waals surface area contributed by atoms with Crippen molar-refractivity contribution >= 4 is 11.6 Å². The third kappa shape index (κ3) is 2.24. The summed E-state index contributed by atoms with van der Waals surface area (Å²) in [5.41, 5.74) is 3.37. The fourth-order valence-corrected chi connectivity index (χ4v) is 2.10. The third-order valence-electron chi connectivity index (χ3n) is 3.18. The lowest BCUT2D eigenvalue weighted by molar-refractivity contribution is 0.0572. The highest BCUT2D eigenvalue weighted by molar-refractivity contribution is 5.59. The van der Waals surface area contributed by atoms with E-state index in [0.29, 0.717) is 37.0 Å². The zero-order chi connectivity index (χ0) is 13.3. The second kappa shape index (κ2) is 5.05. The second-order valence-electron chi connectivity index (χ2n) is 4.47. The molecule has 2 heterocycles. The molecule has 1 saturated heterocycles. The van der Waals surface area contributed by atoms with E-state index < -0.39 is 12.2 Å². The molecule has 0 spiro atoms. The summed E-state index contributed by atoms with van der Waals surface area (Å²) in [6.07, 6.45) is -0.779. The van der Waals surface area contributed by atoms with Gasteiger partial charge in [-0.3, -0.25) is 0 Å². The number of aliphatic hydroxyl groups excluding tert-OH is 2. The summed E-state index contributed by atoms with van der Waals surface area (Å²) in [6, 6.07) is 0. The van der Waals surface area contributed by atoms with Gasteiger partial charge in [0.05, 0.1) is 12.2 Å². The van der Waals surface area contributed by atoms with Gasteiger partial charge in [-0.1, -0.05) is 6.92 Å². The number of β-amino-alcohol motifs (C(OH)–C–C–N with tert-alkyl or cyclic N) is 2. The van der Waals surface area contributed by atoms with E-state index in [4.69, 9.17) is 5.84 Å². The fourth-order valence-electron chi connectivity index (χ4n) is 2.10. The van der Waals surface area contributed by atoms with Crippen LogP contribution >= 0.6 is 0 Å². The Morgan fingerprint density at radius 1 is 1.33 bits per heavy atom. The Morgan fingerprint density at radius 3 is 2.44 bits per heavy atom. The van der Waals surface area contributed by atoms with Crippen molar-refractivity contribution in [3.05, 3.63) is 11.4 Å². The molecule has 0 radical (unpaired) electrons. The van der Waals surface area contributed by atoms with Crippen molar-refractivity contribution in [3.8, 4) is 0 Å². The highest BCUT2D eigenvalue weighted by Crippen LogP contribution is 2.26. The first-order valence-corrected chi connectivity index (χ1v) is 6.02.